The summed E-state index contributed by atoms with van der Waals surface area (Å²) in [5.74, 6) is 0. The number of benzene rings is 2. The van der Waals surface area contributed by atoms with Gasteiger partial charge in [-0.15, -0.1) is 5.11 Å². The van der Waals surface area contributed by atoms with Crippen LogP contribution in [0.3, 0.4) is 0 Å². The van der Waals surface area contributed by atoms with Gasteiger partial charge < -0.3 is 4.55 Å². The first-order valence-corrected chi connectivity index (χ1v) is 8.58. The highest BCUT2D eigenvalue weighted by Gasteiger charge is 2.12. The third-order valence-corrected chi connectivity index (χ3v) is 4.34. The Balaban J connectivity index is 1.96. The van der Waals surface area contributed by atoms with Crippen LogP contribution in [0.5, 0.6) is 0 Å². The Bertz CT molecular complexity index is 1020. The average Bonchev–Trinajstić information content (AvgIpc) is 2.89. The summed E-state index contributed by atoms with van der Waals surface area (Å²) in [6.07, 6.45) is 0. The second-order valence-electron chi connectivity index (χ2n) is 5.46. The summed E-state index contributed by atoms with van der Waals surface area (Å²) in [6.45, 7) is 3.51. The highest BCUT2D eigenvalue weighted by Crippen LogP contribution is 2.24. The van der Waals surface area contributed by atoms with Crippen LogP contribution < -0.4 is 5.56 Å². The Morgan fingerprint density at radius 2 is 1.80 bits per heavy atom. The first-order valence-electron chi connectivity index (χ1n) is 7.47. The molecule has 0 amide bonds. The molecule has 8 heteroatoms. The lowest BCUT2D eigenvalue weighted by Gasteiger charge is -2.00. The number of rotatable bonds is 4. The van der Waals surface area contributed by atoms with Crippen LogP contribution in [0.1, 0.15) is 11.3 Å². The molecule has 1 aromatic heterocycles. The van der Waals surface area contributed by atoms with Crippen molar-refractivity contribution in [2.45, 2.75) is 18.7 Å². The number of para-hydroxylation sites is 1. The maximum atomic E-state index is 12.5. The van der Waals surface area contributed by atoms with Gasteiger partial charge in [0.2, 0.25) is 0 Å². The van der Waals surface area contributed by atoms with Crippen LogP contribution in [0, 0.1) is 13.8 Å². The van der Waals surface area contributed by atoms with Crippen molar-refractivity contribution in [1.29, 1.82) is 0 Å². The number of azo groups is 1. The zero-order valence-electron chi connectivity index (χ0n) is 13.6. The van der Waals surface area contributed by atoms with Crippen molar-refractivity contribution in [2.75, 3.05) is 0 Å². The molecule has 0 radical (unpaired) electrons. The lowest BCUT2D eigenvalue weighted by atomic mass is 10.2. The second kappa shape index (κ2) is 6.96. The van der Waals surface area contributed by atoms with Crippen molar-refractivity contribution in [2.24, 2.45) is 10.2 Å². The molecule has 0 aliphatic carbocycles. The topological polar surface area (TPSA) is 99.8 Å². The Morgan fingerprint density at radius 1 is 1.08 bits per heavy atom. The third kappa shape index (κ3) is 3.49. The quantitative estimate of drug-likeness (QED) is 0.549. The van der Waals surface area contributed by atoms with E-state index in [0.29, 0.717) is 27.5 Å². The molecule has 0 fully saturated rings. The molecule has 128 valence electrons. The van der Waals surface area contributed by atoms with Gasteiger partial charge in [0.15, 0.2) is 16.8 Å². The van der Waals surface area contributed by atoms with E-state index in [-0.39, 0.29) is 11.2 Å². The fourth-order valence-corrected chi connectivity index (χ4v) is 2.83. The van der Waals surface area contributed by atoms with Crippen LogP contribution in [-0.4, -0.2) is 18.5 Å². The molecular formula is C17H16N4O3S. The van der Waals surface area contributed by atoms with Crippen molar-refractivity contribution in [3.05, 3.63) is 70.1 Å². The number of aromatic amines is 1. The van der Waals surface area contributed by atoms with E-state index >= 15 is 0 Å². The van der Waals surface area contributed by atoms with E-state index in [0.717, 1.165) is 0 Å². The molecule has 3 rings (SSSR count). The highest BCUT2D eigenvalue weighted by molar-refractivity contribution is 7.79. The summed E-state index contributed by atoms with van der Waals surface area (Å²) in [5, 5.41) is 11.2. The number of nitrogens with zero attached hydrogens (tertiary/aromatic N) is 3. The van der Waals surface area contributed by atoms with Gasteiger partial charge in [-0.25, -0.2) is 8.89 Å². The van der Waals surface area contributed by atoms with Gasteiger partial charge >= 0.3 is 0 Å². The molecule has 0 saturated carbocycles. The van der Waals surface area contributed by atoms with Gasteiger partial charge in [0.1, 0.15) is 0 Å². The highest BCUT2D eigenvalue weighted by atomic mass is 32.2. The van der Waals surface area contributed by atoms with E-state index in [9.17, 15) is 9.00 Å². The standard InChI is InChI=1S/C17H16N4O3S/c1-11-10-14(25(23)24)8-9-15(11)18-19-16-12(2)20-21(17(16)22)13-6-4-3-5-7-13/h3-10,20H,1-2H3,(H,23,24). The third-order valence-electron chi connectivity index (χ3n) is 3.68. The normalized spacial score (nSPS) is 12.6. The minimum Gasteiger partial charge on any atom is -0.302 e. The molecule has 1 heterocycles. The second-order valence-corrected chi connectivity index (χ2v) is 6.43. The van der Waals surface area contributed by atoms with Crippen LogP contribution >= 0.6 is 0 Å². The lowest BCUT2D eigenvalue weighted by Crippen LogP contribution is -2.13. The number of hydrogen-bond donors (Lipinski definition) is 2. The number of nitrogens with one attached hydrogen (secondary N) is 1. The van der Waals surface area contributed by atoms with Gasteiger partial charge in [0.25, 0.3) is 5.56 Å². The summed E-state index contributed by atoms with van der Waals surface area (Å²) in [5.41, 5.74) is 2.46. The molecule has 0 aliphatic heterocycles. The molecule has 1 unspecified atom stereocenters. The van der Waals surface area contributed by atoms with Crippen LogP contribution in [0.4, 0.5) is 11.4 Å². The maximum Gasteiger partial charge on any atom is 0.299 e. The van der Waals surface area contributed by atoms with E-state index in [4.69, 9.17) is 4.55 Å². The number of H-pyrrole nitrogens is 1. The van der Waals surface area contributed by atoms with Crippen molar-refractivity contribution in [1.82, 2.24) is 9.78 Å². The van der Waals surface area contributed by atoms with Gasteiger partial charge in [-0.1, -0.05) is 18.2 Å². The molecule has 0 spiro atoms. The first kappa shape index (κ1) is 17.0. The number of aromatic nitrogens is 2. The molecule has 7 nitrogen and oxygen atoms in total. The monoisotopic (exact) mass is 356 g/mol. The largest absolute Gasteiger partial charge is 0.302 e. The van der Waals surface area contributed by atoms with Crippen LogP contribution in [0.25, 0.3) is 5.69 Å². The molecule has 0 bridgehead atoms. The molecular weight excluding hydrogens is 340 g/mol. The first-order chi connectivity index (χ1) is 12.0. The van der Waals surface area contributed by atoms with Crippen molar-refractivity contribution < 1.29 is 8.76 Å². The molecule has 2 aromatic carbocycles. The zero-order chi connectivity index (χ0) is 18.0. The predicted molar refractivity (Wildman–Crippen MR) is 95.5 cm³/mol. The summed E-state index contributed by atoms with van der Waals surface area (Å²) >= 11 is -2.04. The summed E-state index contributed by atoms with van der Waals surface area (Å²) in [4.78, 5) is 12.8. The Kier molecular flexibility index (Phi) is 4.73. The summed E-state index contributed by atoms with van der Waals surface area (Å²) in [6, 6.07) is 13.9. The lowest BCUT2D eigenvalue weighted by molar-refractivity contribution is 0.564. The van der Waals surface area contributed by atoms with E-state index in [2.05, 4.69) is 15.3 Å². The average molecular weight is 356 g/mol. The molecule has 2 N–H and O–H groups in total. The minimum atomic E-state index is -2.04. The van der Waals surface area contributed by atoms with E-state index in [1.165, 1.54) is 10.7 Å². The van der Waals surface area contributed by atoms with Gasteiger partial charge in [0, 0.05) is 0 Å². The molecule has 0 aliphatic rings. The van der Waals surface area contributed by atoms with Crippen LogP contribution in [0.15, 0.2) is 68.4 Å². The van der Waals surface area contributed by atoms with Gasteiger partial charge in [-0.05, 0) is 49.7 Å². The van der Waals surface area contributed by atoms with E-state index < -0.39 is 11.1 Å². The fraction of sp³-hybridized carbons (Fsp3) is 0.118. The summed E-state index contributed by atoms with van der Waals surface area (Å²) < 4.78 is 21.6. The molecule has 25 heavy (non-hydrogen) atoms. The number of hydrogen-bond acceptors (Lipinski definition) is 4. The van der Waals surface area contributed by atoms with Crippen molar-refractivity contribution >= 4 is 22.5 Å². The van der Waals surface area contributed by atoms with Crippen LogP contribution in [-0.2, 0) is 11.1 Å². The smallest absolute Gasteiger partial charge is 0.299 e. The Labute approximate surface area is 146 Å². The van der Waals surface area contributed by atoms with E-state index in [1.807, 2.05) is 30.3 Å². The van der Waals surface area contributed by atoms with Gasteiger partial charge in [0.05, 0.1) is 22.0 Å². The molecule has 3 aromatic rings. The number of aryl methyl sites for hydroxylation is 2. The minimum absolute atomic E-state index is 0.220. The van der Waals surface area contributed by atoms with Gasteiger partial charge in [-0.2, -0.15) is 5.11 Å². The molecule has 0 saturated heterocycles. The van der Waals surface area contributed by atoms with Gasteiger partial charge in [-0.3, -0.25) is 9.89 Å². The van der Waals surface area contributed by atoms with Crippen LogP contribution in [0.2, 0.25) is 0 Å². The van der Waals surface area contributed by atoms with E-state index in [1.54, 1.807) is 26.0 Å². The maximum absolute atomic E-state index is 12.5. The fourth-order valence-electron chi connectivity index (χ4n) is 2.37. The zero-order valence-corrected chi connectivity index (χ0v) is 14.4. The molecule has 1 atom stereocenters. The van der Waals surface area contributed by atoms with Crippen molar-refractivity contribution in [3.63, 3.8) is 0 Å². The Morgan fingerprint density at radius 3 is 2.44 bits per heavy atom. The summed E-state index contributed by atoms with van der Waals surface area (Å²) in [7, 11) is 0. The SMILES string of the molecule is Cc1cc(S(=O)O)ccc1N=Nc1c(C)[nH]n(-c2ccccc2)c1=O. The Hall–Kier alpha value is -2.84. The van der Waals surface area contributed by atoms with Crippen molar-refractivity contribution in [3.8, 4) is 5.69 Å². The predicted octanol–water partition coefficient (Wildman–Crippen LogP) is 3.78.